The maximum atomic E-state index is 14.7. The summed E-state index contributed by atoms with van der Waals surface area (Å²) in [7, 11) is 3.12. The minimum atomic E-state index is -1.90. The van der Waals surface area contributed by atoms with Gasteiger partial charge >= 0.3 is 11.9 Å². The van der Waals surface area contributed by atoms with E-state index < -0.39 is 41.1 Å². The van der Waals surface area contributed by atoms with E-state index in [-0.39, 0.29) is 5.78 Å². The number of methoxy groups -OCH3 is 2. The molecule has 1 saturated carbocycles. The molecule has 0 N–H and O–H groups in total. The van der Waals surface area contributed by atoms with E-state index in [1.165, 1.54) is 0 Å². The molecule has 2 saturated heterocycles. The van der Waals surface area contributed by atoms with E-state index in [1.54, 1.807) is 74.0 Å². The van der Waals surface area contributed by atoms with Gasteiger partial charge in [0.25, 0.3) is 5.79 Å². The van der Waals surface area contributed by atoms with Crippen LogP contribution in [0.25, 0.3) is 0 Å². The largest absolute Gasteiger partial charge is 0.497 e. The van der Waals surface area contributed by atoms with Gasteiger partial charge in [0.1, 0.15) is 23.6 Å². The third-order valence-corrected chi connectivity index (χ3v) is 9.37. The van der Waals surface area contributed by atoms with Gasteiger partial charge < -0.3 is 18.9 Å². The Kier molecular flexibility index (Phi) is 6.49. The van der Waals surface area contributed by atoms with Crippen LogP contribution >= 0.6 is 0 Å². The van der Waals surface area contributed by atoms with E-state index in [4.69, 9.17) is 24.0 Å². The van der Waals surface area contributed by atoms with Gasteiger partial charge in [-0.1, -0.05) is 42.8 Å². The summed E-state index contributed by atoms with van der Waals surface area (Å²) in [6.45, 7) is 0. The maximum absolute atomic E-state index is 14.7. The first-order valence-electron chi connectivity index (χ1n) is 14.6. The molecule has 3 fully saturated rings. The average Bonchev–Trinajstić information content (AvgIpc) is 3.36. The van der Waals surface area contributed by atoms with Crippen molar-refractivity contribution in [3.8, 4) is 11.5 Å². The summed E-state index contributed by atoms with van der Waals surface area (Å²) in [5, 5.41) is 6.37. The average molecular weight is 581 g/mol. The molecule has 43 heavy (non-hydrogen) atoms. The van der Waals surface area contributed by atoms with Crippen LogP contribution in [0.4, 0.5) is 0 Å². The zero-order valence-corrected chi connectivity index (χ0v) is 24.0. The summed E-state index contributed by atoms with van der Waals surface area (Å²) < 4.78 is 23.2. The fraction of sp³-hybridized carbons (Fsp3) is 0.353. The van der Waals surface area contributed by atoms with Crippen molar-refractivity contribution in [2.45, 2.75) is 55.9 Å². The molecule has 0 aromatic heterocycles. The lowest BCUT2D eigenvalue weighted by atomic mass is 9.65. The molecule has 1 aliphatic carbocycles. The molecular formula is C34H32N2O7. The molecule has 9 nitrogen and oxygen atoms in total. The van der Waals surface area contributed by atoms with Gasteiger partial charge in [0, 0.05) is 24.3 Å². The number of ether oxygens (including phenoxy) is 4. The molecular weight excluding hydrogens is 548 g/mol. The number of esters is 2. The lowest BCUT2D eigenvalue weighted by Gasteiger charge is -2.47. The standard InChI is InChI=1S/C34H32N2O7/c1-40-24-14-10-21(11-15-24)27-28(29(37)22-12-16-25(41-2)17-13-22)36-30(26-9-5-4-8-23(26)20-35-36)34(27)31(38)42-33(43-32(34)39)18-6-3-7-19-33/h4-5,8-17,20,27-28,30H,3,6-7,18-19H2,1-2H3/t27-,28-,30+/m0/s1. The number of hydrogen-bond acceptors (Lipinski definition) is 9. The van der Waals surface area contributed by atoms with Crippen LogP contribution in [0.3, 0.4) is 0 Å². The molecule has 3 aromatic rings. The van der Waals surface area contributed by atoms with Crippen molar-refractivity contribution in [1.29, 1.82) is 0 Å². The number of benzene rings is 3. The van der Waals surface area contributed by atoms with Crippen LogP contribution in [0.1, 0.15) is 71.1 Å². The van der Waals surface area contributed by atoms with Crippen LogP contribution in [0.15, 0.2) is 77.9 Å². The Labute approximate surface area is 249 Å². The van der Waals surface area contributed by atoms with Gasteiger partial charge in [-0.3, -0.25) is 19.4 Å². The summed E-state index contributed by atoms with van der Waals surface area (Å²) in [6.07, 6.45) is 5.13. The Bertz CT molecular complexity index is 1590. The predicted molar refractivity (Wildman–Crippen MR) is 156 cm³/mol. The van der Waals surface area contributed by atoms with Crippen LogP contribution < -0.4 is 9.47 Å². The van der Waals surface area contributed by atoms with Crippen molar-refractivity contribution in [3.05, 3.63) is 95.1 Å². The van der Waals surface area contributed by atoms with Gasteiger partial charge in [-0.25, -0.2) is 0 Å². The van der Waals surface area contributed by atoms with E-state index >= 15 is 0 Å². The van der Waals surface area contributed by atoms with Crippen molar-refractivity contribution in [3.63, 3.8) is 0 Å². The van der Waals surface area contributed by atoms with Crippen molar-refractivity contribution in [1.82, 2.24) is 5.01 Å². The molecule has 7 rings (SSSR count). The maximum Gasteiger partial charge on any atom is 0.330 e. The van der Waals surface area contributed by atoms with Crippen molar-refractivity contribution < 1.29 is 33.3 Å². The molecule has 0 amide bonds. The first-order chi connectivity index (χ1) is 20.9. The topological polar surface area (TPSA) is 104 Å². The molecule has 4 aliphatic rings. The normalized spacial score (nSPS) is 24.6. The molecule has 0 radical (unpaired) electrons. The number of Topliss-reactive ketones (excluding diaryl/α,β-unsaturated/α-hetero) is 1. The number of fused-ring (bicyclic) bond motifs is 4. The van der Waals surface area contributed by atoms with E-state index in [9.17, 15) is 14.4 Å². The van der Waals surface area contributed by atoms with Crippen LogP contribution in [-0.4, -0.2) is 55.0 Å². The first kappa shape index (κ1) is 27.2. The number of ketones is 1. The highest BCUT2D eigenvalue weighted by molar-refractivity contribution is 6.09. The molecule has 9 heteroatoms. The highest BCUT2D eigenvalue weighted by Gasteiger charge is 2.75. The smallest absolute Gasteiger partial charge is 0.330 e. The van der Waals surface area contributed by atoms with Crippen LogP contribution in [0.2, 0.25) is 0 Å². The second kappa shape index (κ2) is 10.3. The number of rotatable bonds is 5. The van der Waals surface area contributed by atoms with Crippen molar-refractivity contribution in [2.75, 3.05) is 14.2 Å². The lowest BCUT2D eigenvalue weighted by Crippen LogP contribution is -2.60. The monoisotopic (exact) mass is 580 g/mol. The van der Waals surface area contributed by atoms with Gasteiger partial charge in [0.05, 0.1) is 20.4 Å². The van der Waals surface area contributed by atoms with Gasteiger partial charge in [-0.05, 0) is 65.9 Å². The Hall–Kier alpha value is -4.66. The third-order valence-electron chi connectivity index (χ3n) is 9.37. The number of nitrogens with zero attached hydrogens (tertiary/aromatic N) is 2. The predicted octanol–water partition coefficient (Wildman–Crippen LogP) is 5.19. The van der Waals surface area contributed by atoms with Crippen LogP contribution in [-0.2, 0) is 19.1 Å². The summed E-state index contributed by atoms with van der Waals surface area (Å²) in [4.78, 5) is 44.0. The van der Waals surface area contributed by atoms with Gasteiger partial charge in [-0.2, -0.15) is 5.10 Å². The molecule has 3 heterocycles. The highest BCUT2D eigenvalue weighted by Crippen LogP contribution is 2.63. The van der Waals surface area contributed by atoms with E-state index in [2.05, 4.69) is 0 Å². The third kappa shape index (κ3) is 4.05. The molecule has 3 aliphatic heterocycles. The second-order valence-corrected chi connectivity index (χ2v) is 11.6. The lowest BCUT2D eigenvalue weighted by molar-refractivity contribution is -0.273. The van der Waals surface area contributed by atoms with Crippen molar-refractivity contribution in [2.24, 2.45) is 10.5 Å². The number of carbonyl (C=O) groups is 3. The summed E-state index contributed by atoms with van der Waals surface area (Å²) >= 11 is 0. The Morgan fingerprint density at radius 2 is 1.44 bits per heavy atom. The number of hydrazone groups is 1. The molecule has 3 aromatic carbocycles. The van der Waals surface area contributed by atoms with E-state index in [1.807, 2.05) is 24.3 Å². The van der Waals surface area contributed by atoms with E-state index in [0.29, 0.717) is 41.0 Å². The highest BCUT2D eigenvalue weighted by atomic mass is 16.7. The summed E-state index contributed by atoms with van der Waals surface area (Å²) in [5.74, 6) is -2.72. The van der Waals surface area contributed by atoms with Gasteiger partial charge in [0.15, 0.2) is 5.78 Å². The van der Waals surface area contributed by atoms with Crippen molar-refractivity contribution >= 4 is 23.9 Å². The molecule has 3 atom stereocenters. The Balaban J connectivity index is 1.46. The first-order valence-corrected chi connectivity index (χ1v) is 14.6. The molecule has 0 unspecified atom stereocenters. The second-order valence-electron chi connectivity index (χ2n) is 11.6. The number of carbonyl (C=O) groups excluding carboxylic acids is 3. The summed E-state index contributed by atoms with van der Waals surface area (Å²) in [6, 6.07) is 19.4. The molecule has 220 valence electrons. The van der Waals surface area contributed by atoms with Gasteiger partial charge in [0.2, 0.25) is 5.41 Å². The number of hydrogen-bond donors (Lipinski definition) is 0. The zero-order chi connectivity index (χ0) is 29.8. The minimum absolute atomic E-state index is 0.291. The zero-order valence-electron chi connectivity index (χ0n) is 24.0. The fourth-order valence-corrected chi connectivity index (χ4v) is 7.31. The fourth-order valence-electron chi connectivity index (χ4n) is 7.31. The molecule has 0 bridgehead atoms. The quantitative estimate of drug-likeness (QED) is 0.231. The SMILES string of the molecule is COc1ccc(C(=O)[C@@H]2[C@H](c3ccc(OC)cc3)C3(C(=O)OC4(CCCCC4)OC3=O)[C@H]3c4ccccc4C=NN23)cc1. The van der Waals surface area contributed by atoms with Crippen LogP contribution in [0, 0.1) is 5.41 Å². The van der Waals surface area contributed by atoms with Gasteiger partial charge in [-0.15, -0.1) is 0 Å². The molecule has 2 spiro atoms. The summed E-state index contributed by atoms with van der Waals surface area (Å²) in [5.41, 5.74) is 0.554. The van der Waals surface area contributed by atoms with E-state index in [0.717, 1.165) is 24.8 Å². The Morgan fingerprint density at radius 1 is 0.837 bits per heavy atom. The minimum Gasteiger partial charge on any atom is -0.497 e. The Morgan fingerprint density at radius 3 is 2.07 bits per heavy atom. The van der Waals surface area contributed by atoms with Crippen LogP contribution in [0.5, 0.6) is 11.5 Å².